The minimum atomic E-state index is -0.0527. The number of amides is 1. The fourth-order valence-corrected chi connectivity index (χ4v) is 3.76. The second-order valence-electron chi connectivity index (χ2n) is 7.97. The number of hydrogen-bond donors (Lipinski definition) is 2. The van der Waals surface area contributed by atoms with Gasteiger partial charge in [-0.1, -0.05) is 47.5 Å². The summed E-state index contributed by atoms with van der Waals surface area (Å²) >= 11 is 0. The maximum atomic E-state index is 12.6. The van der Waals surface area contributed by atoms with Crippen molar-refractivity contribution in [1.82, 2.24) is 15.3 Å². The number of nitrogens with zero attached hydrogens (tertiary/aromatic N) is 2. The average molecular weight is 413 g/mol. The largest absolute Gasteiger partial charge is 0.352 e. The van der Waals surface area contributed by atoms with Gasteiger partial charge in [-0.15, -0.1) is 0 Å². The number of anilines is 2. The number of nitrogens with one attached hydrogen (secondary N) is 2. The first-order valence-corrected chi connectivity index (χ1v) is 10.9. The third kappa shape index (κ3) is 5.79. The highest BCUT2D eigenvalue weighted by molar-refractivity contribution is 5.95. The molecule has 4 rings (SSSR count). The summed E-state index contributed by atoms with van der Waals surface area (Å²) in [5.74, 6) is 0.635. The fraction of sp³-hybridized carbons (Fsp3) is 0.269. The van der Waals surface area contributed by atoms with Crippen LogP contribution in [0.3, 0.4) is 0 Å². The smallest absolute Gasteiger partial charge is 0.251 e. The van der Waals surface area contributed by atoms with Gasteiger partial charge in [-0.2, -0.15) is 0 Å². The molecule has 0 radical (unpaired) electrons. The maximum Gasteiger partial charge on any atom is 0.251 e. The first-order valence-electron chi connectivity index (χ1n) is 10.9. The molecule has 0 spiro atoms. The number of aryl methyl sites for hydroxylation is 1. The summed E-state index contributed by atoms with van der Waals surface area (Å²) in [4.78, 5) is 21.3. The zero-order valence-corrected chi connectivity index (χ0v) is 17.9. The molecular weight excluding hydrogens is 384 g/mol. The molecule has 5 nitrogen and oxygen atoms in total. The van der Waals surface area contributed by atoms with Gasteiger partial charge >= 0.3 is 0 Å². The van der Waals surface area contributed by atoms with Gasteiger partial charge in [0.05, 0.1) is 5.69 Å². The van der Waals surface area contributed by atoms with E-state index < -0.39 is 0 Å². The van der Waals surface area contributed by atoms with E-state index in [1.54, 1.807) is 6.33 Å². The summed E-state index contributed by atoms with van der Waals surface area (Å²) in [6, 6.07) is 17.6. The van der Waals surface area contributed by atoms with Crippen molar-refractivity contribution in [2.24, 2.45) is 0 Å². The first-order chi connectivity index (χ1) is 15.2. The van der Waals surface area contributed by atoms with E-state index in [1.165, 1.54) is 36.8 Å². The number of hydrogen-bond acceptors (Lipinski definition) is 4. The van der Waals surface area contributed by atoms with Crippen LogP contribution in [-0.4, -0.2) is 22.4 Å². The van der Waals surface area contributed by atoms with Gasteiger partial charge in [0, 0.05) is 29.4 Å². The molecule has 1 aliphatic carbocycles. The SMILES string of the molecule is Cc1ccc(-c2cc(Nc3cccc(C(=O)NCCC4=CCCCC4)c3)ncn2)cc1. The summed E-state index contributed by atoms with van der Waals surface area (Å²) in [7, 11) is 0. The number of aromatic nitrogens is 2. The molecule has 158 valence electrons. The summed E-state index contributed by atoms with van der Waals surface area (Å²) in [5, 5.41) is 6.33. The van der Waals surface area contributed by atoms with Crippen LogP contribution in [0.1, 0.15) is 48.0 Å². The van der Waals surface area contributed by atoms with Crippen molar-refractivity contribution in [3.8, 4) is 11.3 Å². The van der Waals surface area contributed by atoms with Crippen molar-refractivity contribution in [3.63, 3.8) is 0 Å². The van der Waals surface area contributed by atoms with Crippen LogP contribution in [0.5, 0.6) is 0 Å². The van der Waals surface area contributed by atoms with E-state index in [0.717, 1.165) is 23.4 Å². The summed E-state index contributed by atoms with van der Waals surface area (Å²) < 4.78 is 0. The van der Waals surface area contributed by atoms with E-state index in [2.05, 4.69) is 57.9 Å². The lowest BCUT2D eigenvalue weighted by Crippen LogP contribution is -2.24. The fourth-order valence-electron chi connectivity index (χ4n) is 3.76. The highest BCUT2D eigenvalue weighted by Gasteiger charge is 2.09. The van der Waals surface area contributed by atoms with E-state index in [4.69, 9.17) is 0 Å². The van der Waals surface area contributed by atoms with Crippen LogP contribution in [0.25, 0.3) is 11.3 Å². The Labute approximate surface area is 183 Å². The van der Waals surface area contributed by atoms with E-state index in [0.29, 0.717) is 17.9 Å². The maximum absolute atomic E-state index is 12.6. The third-order valence-corrected chi connectivity index (χ3v) is 5.53. The molecule has 31 heavy (non-hydrogen) atoms. The topological polar surface area (TPSA) is 66.9 Å². The quantitative estimate of drug-likeness (QED) is 0.480. The van der Waals surface area contributed by atoms with Crippen molar-refractivity contribution in [3.05, 3.63) is 83.7 Å². The highest BCUT2D eigenvalue weighted by atomic mass is 16.1. The second kappa shape index (κ2) is 10.0. The van der Waals surface area contributed by atoms with Crippen LogP contribution in [0.2, 0.25) is 0 Å². The minimum absolute atomic E-state index is 0.0527. The standard InChI is InChI=1S/C26H28N4O/c1-19-10-12-21(13-11-19)24-17-25(29-18-28-24)30-23-9-5-8-22(16-23)26(31)27-15-14-20-6-3-2-4-7-20/h5-6,8-13,16-18H,2-4,7,14-15H2,1H3,(H,27,31)(H,28,29,30). The predicted octanol–water partition coefficient (Wildman–Crippen LogP) is 5.82. The molecule has 0 bridgehead atoms. The van der Waals surface area contributed by atoms with Gasteiger partial charge < -0.3 is 10.6 Å². The lowest BCUT2D eigenvalue weighted by molar-refractivity contribution is 0.0954. The van der Waals surface area contributed by atoms with Crippen molar-refractivity contribution in [2.45, 2.75) is 39.0 Å². The predicted molar refractivity (Wildman–Crippen MR) is 125 cm³/mol. The lowest BCUT2D eigenvalue weighted by atomic mass is 9.97. The normalized spacial score (nSPS) is 13.4. The Morgan fingerprint density at radius 3 is 2.71 bits per heavy atom. The van der Waals surface area contributed by atoms with Crippen LogP contribution in [0, 0.1) is 6.92 Å². The second-order valence-corrected chi connectivity index (χ2v) is 7.97. The van der Waals surface area contributed by atoms with E-state index in [-0.39, 0.29) is 5.91 Å². The van der Waals surface area contributed by atoms with Crippen molar-refractivity contribution in [1.29, 1.82) is 0 Å². The molecule has 0 aliphatic heterocycles. The van der Waals surface area contributed by atoms with Crippen LogP contribution in [0.15, 0.2) is 72.6 Å². The minimum Gasteiger partial charge on any atom is -0.352 e. The molecule has 0 unspecified atom stereocenters. The van der Waals surface area contributed by atoms with Gasteiger partial charge in [-0.3, -0.25) is 4.79 Å². The summed E-state index contributed by atoms with van der Waals surface area (Å²) in [6.07, 6.45) is 9.70. The van der Waals surface area contributed by atoms with Crippen molar-refractivity contribution in [2.75, 3.05) is 11.9 Å². The van der Waals surface area contributed by atoms with Gasteiger partial charge in [0.1, 0.15) is 12.1 Å². The Morgan fingerprint density at radius 1 is 1.03 bits per heavy atom. The van der Waals surface area contributed by atoms with Gasteiger partial charge in [0.15, 0.2) is 0 Å². The zero-order chi connectivity index (χ0) is 21.5. The molecule has 3 aromatic rings. The summed E-state index contributed by atoms with van der Waals surface area (Å²) in [6.45, 7) is 2.74. The third-order valence-electron chi connectivity index (χ3n) is 5.53. The monoisotopic (exact) mass is 412 g/mol. The number of carbonyl (C=O) groups is 1. The van der Waals surface area contributed by atoms with E-state index in [9.17, 15) is 4.79 Å². The number of allylic oxidation sites excluding steroid dienone is 1. The highest BCUT2D eigenvalue weighted by Crippen LogP contribution is 2.22. The Kier molecular flexibility index (Phi) is 6.72. The number of benzene rings is 2. The number of carbonyl (C=O) groups excluding carboxylic acids is 1. The van der Waals surface area contributed by atoms with Crippen LogP contribution >= 0.6 is 0 Å². The molecule has 2 aromatic carbocycles. The molecule has 0 atom stereocenters. The molecule has 1 amide bonds. The molecule has 5 heteroatoms. The lowest BCUT2D eigenvalue weighted by Gasteiger charge is -2.13. The Hall–Kier alpha value is -3.47. The molecule has 0 saturated heterocycles. The first kappa shape index (κ1) is 20.8. The molecule has 1 aliphatic rings. The van der Waals surface area contributed by atoms with Gasteiger partial charge in [-0.25, -0.2) is 9.97 Å². The van der Waals surface area contributed by atoms with E-state index in [1.807, 2.05) is 30.3 Å². The van der Waals surface area contributed by atoms with Gasteiger partial charge in [0.2, 0.25) is 0 Å². The van der Waals surface area contributed by atoms with Crippen LogP contribution in [0.4, 0.5) is 11.5 Å². The Morgan fingerprint density at radius 2 is 1.90 bits per heavy atom. The molecule has 0 fully saturated rings. The van der Waals surface area contributed by atoms with Gasteiger partial charge in [-0.05, 0) is 57.2 Å². The van der Waals surface area contributed by atoms with Crippen molar-refractivity contribution >= 4 is 17.4 Å². The zero-order valence-electron chi connectivity index (χ0n) is 17.9. The Bertz CT molecular complexity index is 1070. The van der Waals surface area contributed by atoms with E-state index >= 15 is 0 Å². The molecule has 1 aromatic heterocycles. The number of rotatable bonds is 7. The average Bonchev–Trinajstić information content (AvgIpc) is 2.80. The van der Waals surface area contributed by atoms with Gasteiger partial charge in [0.25, 0.3) is 5.91 Å². The van der Waals surface area contributed by atoms with Crippen LogP contribution in [-0.2, 0) is 0 Å². The molecule has 0 saturated carbocycles. The summed E-state index contributed by atoms with van der Waals surface area (Å²) in [5.41, 5.74) is 6.02. The molecular formula is C26H28N4O. The molecule has 2 N–H and O–H groups in total. The molecule has 1 heterocycles. The Balaban J connectivity index is 1.39. The van der Waals surface area contributed by atoms with Crippen LogP contribution < -0.4 is 10.6 Å². The van der Waals surface area contributed by atoms with Crippen molar-refractivity contribution < 1.29 is 4.79 Å².